The summed E-state index contributed by atoms with van der Waals surface area (Å²) in [5, 5.41) is 23.3. The predicted molar refractivity (Wildman–Crippen MR) is 113 cm³/mol. The summed E-state index contributed by atoms with van der Waals surface area (Å²) in [6.07, 6.45) is 1.72. The third-order valence-corrected chi connectivity index (χ3v) is 4.49. The second-order valence-corrected chi connectivity index (χ2v) is 5.80. The summed E-state index contributed by atoms with van der Waals surface area (Å²) in [6, 6.07) is 1.64. The van der Waals surface area contributed by atoms with E-state index >= 15 is 0 Å². The van der Waals surface area contributed by atoms with Crippen LogP contribution in [-0.4, -0.2) is 33.3 Å². The van der Waals surface area contributed by atoms with Gasteiger partial charge in [0, 0.05) is 10.8 Å². The van der Waals surface area contributed by atoms with E-state index in [1.807, 2.05) is 41.5 Å². The van der Waals surface area contributed by atoms with Gasteiger partial charge in [-0.25, -0.2) is 4.45 Å². The van der Waals surface area contributed by atoms with E-state index in [4.69, 9.17) is 0 Å². The van der Waals surface area contributed by atoms with E-state index in [1.54, 1.807) is 17.4 Å². The molecule has 0 spiro atoms. The van der Waals surface area contributed by atoms with E-state index < -0.39 is 13.7 Å². The number of hydrogen-bond donors (Lipinski definition) is 2. The molecule has 25 heavy (non-hydrogen) atoms. The van der Waals surface area contributed by atoms with Crippen molar-refractivity contribution in [3.8, 4) is 5.75 Å². The lowest BCUT2D eigenvalue weighted by atomic mass is 9.76. The first-order chi connectivity index (χ1) is 12.0. The maximum absolute atomic E-state index is 12.4. The second-order valence-electron chi connectivity index (χ2n) is 3.76. The van der Waals surface area contributed by atoms with Gasteiger partial charge in [0.25, 0.3) is 0 Å². The number of nitrogens with zero attached hydrogens (tertiary/aromatic N) is 2. The highest BCUT2D eigenvalue weighted by Gasteiger charge is 2.26. The zero-order valence-electron chi connectivity index (χ0n) is 15.6. The van der Waals surface area contributed by atoms with Crippen LogP contribution in [0.15, 0.2) is 12.3 Å². The molecule has 0 saturated carbocycles. The number of aryl methyl sites for hydroxylation is 1. The van der Waals surface area contributed by atoms with Gasteiger partial charge in [0.1, 0.15) is 5.75 Å². The van der Waals surface area contributed by atoms with Gasteiger partial charge >= 0.3 is 13.7 Å². The van der Waals surface area contributed by atoms with Crippen LogP contribution >= 0.6 is 28.4 Å². The highest BCUT2D eigenvalue weighted by Crippen LogP contribution is 2.31. The first-order valence-corrected chi connectivity index (χ1v) is 12.2. The number of alkyl halides is 2. The first-order valence-electron chi connectivity index (χ1n) is 8.14. The second kappa shape index (κ2) is 14.6. The molecule has 0 aliphatic carbocycles. The molecule has 2 N–H and O–H groups in total. The van der Waals surface area contributed by atoms with Crippen LogP contribution in [0.4, 0.5) is 8.78 Å². The molecule has 0 amide bonds. The van der Waals surface area contributed by atoms with Crippen LogP contribution in [0.25, 0.3) is 10.9 Å². The average Bonchev–Trinajstić information content (AvgIpc) is 3.02. The summed E-state index contributed by atoms with van der Waals surface area (Å²) < 4.78 is 30.9. The molecule has 0 saturated heterocycles. The summed E-state index contributed by atoms with van der Waals surface area (Å²) in [4.78, 5) is 0. The summed E-state index contributed by atoms with van der Waals surface area (Å²) in [5.41, 5.74) is 0.957. The molecule has 1 aromatic carbocycles. The van der Waals surface area contributed by atoms with Gasteiger partial charge in [-0.3, -0.25) is 0 Å². The summed E-state index contributed by atoms with van der Waals surface area (Å²) in [5.74, 6) is -0.214. The van der Waals surface area contributed by atoms with Crippen LogP contribution in [0, 0.1) is 6.92 Å². The maximum Gasteiger partial charge on any atom is 0.493 e. The molecular formula is C15H27BF2IN2O3P. The van der Waals surface area contributed by atoms with Gasteiger partial charge in [0.05, 0.1) is 18.1 Å². The molecule has 5 nitrogen and oxygen atoms in total. The Balaban J connectivity index is 0. The first kappa shape index (κ1) is 26.7. The van der Waals surface area contributed by atoms with Gasteiger partial charge in [0.15, 0.2) is 0 Å². The third-order valence-electron chi connectivity index (χ3n) is 2.60. The third kappa shape index (κ3) is 7.33. The highest BCUT2D eigenvalue weighted by molar-refractivity contribution is 14.2. The highest BCUT2D eigenvalue weighted by atomic mass is 127. The lowest BCUT2D eigenvalue weighted by molar-refractivity contribution is -0.0496. The zero-order valence-corrected chi connectivity index (χ0v) is 18.8. The predicted octanol–water partition coefficient (Wildman–Crippen LogP) is 4.50. The largest absolute Gasteiger partial charge is 0.493 e. The van der Waals surface area contributed by atoms with E-state index in [1.165, 1.54) is 6.20 Å². The number of fused-ring (bicyclic) bond motifs is 1. The van der Waals surface area contributed by atoms with Crippen LogP contribution in [0.2, 0.25) is 0 Å². The Hall–Kier alpha value is -0.505. The lowest BCUT2D eigenvalue weighted by Gasteiger charge is -2.14. The van der Waals surface area contributed by atoms with Crippen LogP contribution < -0.4 is 10.2 Å². The molecule has 0 aliphatic heterocycles. The Labute approximate surface area is 163 Å². The van der Waals surface area contributed by atoms with Gasteiger partial charge in [-0.1, -0.05) is 41.5 Å². The molecule has 0 aliphatic rings. The van der Waals surface area contributed by atoms with E-state index in [9.17, 15) is 18.8 Å². The number of ether oxygens (including phenoxy) is 1. The standard InChI is InChI=1S/C9H9BF2IN2O3P.3C2H6/c1-4-2-6-5(3-14-15(6)19-13)7(10(16)17)8(4)18-9(11)12;3*1-2/h2-3,9,16-17,19H,1H3;3*1-2H3. The Morgan fingerprint density at radius 2 is 1.72 bits per heavy atom. The fraction of sp³-hybridized carbons (Fsp3) is 0.533. The van der Waals surface area contributed by atoms with Crippen molar-refractivity contribution < 1.29 is 23.6 Å². The van der Waals surface area contributed by atoms with Crippen LogP contribution in [0.3, 0.4) is 0 Å². The van der Waals surface area contributed by atoms with E-state index in [-0.39, 0.29) is 11.2 Å². The van der Waals surface area contributed by atoms with Crippen molar-refractivity contribution in [3.63, 3.8) is 0 Å². The monoisotopic (exact) mass is 490 g/mol. The molecule has 1 aromatic heterocycles. The summed E-state index contributed by atoms with van der Waals surface area (Å²) >= 11 is 2.12. The fourth-order valence-corrected chi connectivity index (χ4v) is 3.41. The molecule has 0 radical (unpaired) electrons. The molecule has 1 heterocycles. The average molecular weight is 490 g/mol. The molecule has 2 rings (SSSR count). The summed E-state index contributed by atoms with van der Waals surface area (Å²) in [6.45, 7) is 10.5. The fourth-order valence-electron chi connectivity index (χ4n) is 1.88. The minimum absolute atomic E-state index is 0.0869. The Morgan fingerprint density at radius 1 is 1.20 bits per heavy atom. The smallest absolute Gasteiger partial charge is 0.435 e. The summed E-state index contributed by atoms with van der Waals surface area (Å²) in [7, 11) is -1.91. The Bertz CT molecular complexity index is 616. The van der Waals surface area contributed by atoms with Crippen molar-refractivity contribution in [1.29, 1.82) is 0 Å². The van der Waals surface area contributed by atoms with Crippen molar-refractivity contribution in [2.45, 2.75) is 55.1 Å². The molecule has 0 bridgehead atoms. The van der Waals surface area contributed by atoms with Gasteiger partial charge in [-0.15, -0.1) is 0 Å². The van der Waals surface area contributed by atoms with Crippen molar-refractivity contribution >= 4 is 51.9 Å². The number of benzene rings is 1. The number of halogens is 3. The quantitative estimate of drug-likeness (QED) is 0.377. The molecule has 2 aromatic rings. The van der Waals surface area contributed by atoms with Crippen molar-refractivity contribution in [3.05, 3.63) is 17.8 Å². The number of aromatic nitrogens is 2. The zero-order chi connectivity index (χ0) is 20.2. The maximum atomic E-state index is 12.4. The minimum atomic E-state index is -3.03. The van der Waals surface area contributed by atoms with E-state index in [2.05, 4.69) is 31.9 Å². The molecule has 10 heteroatoms. The number of rotatable bonds is 4. The van der Waals surface area contributed by atoms with Gasteiger partial charge in [0.2, 0.25) is 0 Å². The minimum Gasteiger partial charge on any atom is -0.435 e. The van der Waals surface area contributed by atoms with Gasteiger partial charge in [-0.05, 0) is 40.6 Å². The van der Waals surface area contributed by atoms with Crippen molar-refractivity contribution in [1.82, 2.24) is 9.55 Å². The molecule has 1 atom stereocenters. The normalized spacial score (nSPS) is 9.80. The van der Waals surface area contributed by atoms with Gasteiger partial charge < -0.3 is 14.8 Å². The van der Waals surface area contributed by atoms with Crippen molar-refractivity contribution in [2.24, 2.45) is 0 Å². The lowest BCUT2D eigenvalue weighted by Crippen LogP contribution is -2.33. The molecular weight excluding hydrogens is 463 g/mol. The van der Waals surface area contributed by atoms with Gasteiger partial charge in [-0.2, -0.15) is 13.9 Å². The molecule has 0 fully saturated rings. The van der Waals surface area contributed by atoms with E-state index in [0.717, 1.165) is 0 Å². The Kier molecular flexibility index (Phi) is 15.7. The topological polar surface area (TPSA) is 67.5 Å². The van der Waals surface area contributed by atoms with Crippen molar-refractivity contribution in [2.75, 3.05) is 0 Å². The molecule has 1 unspecified atom stereocenters. The van der Waals surface area contributed by atoms with E-state index in [0.29, 0.717) is 22.8 Å². The van der Waals surface area contributed by atoms with Crippen LogP contribution in [0.1, 0.15) is 47.1 Å². The number of hydrogen-bond acceptors (Lipinski definition) is 4. The van der Waals surface area contributed by atoms with Crippen LogP contribution in [0.5, 0.6) is 5.75 Å². The van der Waals surface area contributed by atoms with Crippen LogP contribution in [-0.2, 0) is 0 Å². The Morgan fingerprint density at radius 3 is 2.12 bits per heavy atom. The molecule has 144 valence electrons. The SMILES string of the molecule is CC.CC.CC.Cc1cc2c(cnn2PI)c(B(O)O)c1OC(F)F.